The lowest BCUT2D eigenvalue weighted by Crippen LogP contribution is -2.31. The van der Waals surface area contributed by atoms with E-state index in [0.717, 1.165) is 11.1 Å². The van der Waals surface area contributed by atoms with Gasteiger partial charge in [-0.2, -0.15) is 0 Å². The van der Waals surface area contributed by atoms with Gasteiger partial charge in [-0.1, -0.05) is 95.9 Å². The van der Waals surface area contributed by atoms with E-state index in [2.05, 4.69) is 15.5 Å². The summed E-state index contributed by atoms with van der Waals surface area (Å²) in [7, 11) is 0. The van der Waals surface area contributed by atoms with Crippen LogP contribution in [0.15, 0.2) is 89.3 Å². The Bertz CT molecular complexity index is 1110. The van der Waals surface area contributed by atoms with Crippen molar-refractivity contribution in [1.29, 1.82) is 0 Å². The number of halogens is 1. The van der Waals surface area contributed by atoms with Crippen LogP contribution in [-0.2, 0) is 17.9 Å². The fourth-order valence-electron chi connectivity index (χ4n) is 3.05. The van der Waals surface area contributed by atoms with Crippen LogP contribution in [0.25, 0.3) is 0 Å². The largest absolute Gasteiger partial charge is 0.333 e. The number of rotatable bonds is 9. The van der Waals surface area contributed by atoms with Gasteiger partial charge < -0.3 is 10.2 Å². The second kappa shape index (κ2) is 10.9. The van der Waals surface area contributed by atoms with Crippen molar-refractivity contribution >= 4 is 39.8 Å². The molecule has 162 valence electrons. The number of aromatic nitrogens is 2. The Balaban J connectivity index is 1.39. The maximum absolute atomic E-state index is 13.8. The highest BCUT2D eigenvalue weighted by Crippen LogP contribution is 2.29. The number of carbonyl (C=O) groups excluding carboxylic acids is 1. The smallest absolute Gasteiger partial charge is 0.233 e. The Morgan fingerprint density at radius 1 is 0.875 bits per heavy atom. The first-order chi connectivity index (χ1) is 15.7. The van der Waals surface area contributed by atoms with Crippen molar-refractivity contribution in [2.45, 2.75) is 17.4 Å². The number of para-hydroxylation sites is 1. The molecular formula is C24H21FN4OS2. The summed E-state index contributed by atoms with van der Waals surface area (Å²) < 4.78 is 14.5. The van der Waals surface area contributed by atoms with Crippen LogP contribution in [0.2, 0.25) is 0 Å². The van der Waals surface area contributed by atoms with Gasteiger partial charge in [0.15, 0.2) is 4.34 Å². The molecule has 4 rings (SSSR count). The molecule has 1 amide bonds. The van der Waals surface area contributed by atoms with Crippen molar-refractivity contribution in [2.75, 3.05) is 11.1 Å². The summed E-state index contributed by atoms with van der Waals surface area (Å²) in [6, 6.07) is 26.3. The molecule has 0 aliphatic heterocycles. The second-order valence-electron chi connectivity index (χ2n) is 6.99. The number of hydrogen-bond acceptors (Lipinski definition) is 6. The number of amides is 1. The van der Waals surface area contributed by atoms with Gasteiger partial charge in [0.25, 0.3) is 0 Å². The van der Waals surface area contributed by atoms with Gasteiger partial charge in [-0.05, 0) is 23.3 Å². The molecule has 4 aromatic rings. The van der Waals surface area contributed by atoms with E-state index in [9.17, 15) is 9.18 Å². The van der Waals surface area contributed by atoms with Gasteiger partial charge in [0, 0.05) is 13.1 Å². The molecule has 0 unspecified atom stereocenters. The molecule has 0 saturated carbocycles. The average molecular weight is 465 g/mol. The minimum absolute atomic E-state index is 0.0153. The van der Waals surface area contributed by atoms with Crippen molar-refractivity contribution in [3.8, 4) is 0 Å². The molecule has 0 atom stereocenters. The Morgan fingerprint density at radius 2 is 1.47 bits per heavy atom. The molecule has 3 aromatic carbocycles. The second-order valence-corrected chi connectivity index (χ2v) is 9.19. The Labute approximate surface area is 194 Å². The summed E-state index contributed by atoms with van der Waals surface area (Å²) in [6.07, 6.45) is 0. The van der Waals surface area contributed by atoms with Crippen LogP contribution >= 0.6 is 23.1 Å². The SMILES string of the molecule is O=C(CSc1nnc(Nc2ccccc2F)s1)N(Cc1ccccc1)Cc1ccccc1. The molecular weight excluding hydrogens is 443 g/mol. The standard InChI is InChI=1S/C24H21FN4OS2/c25-20-13-7-8-14-21(20)26-23-27-28-24(32-23)31-17-22(30)29(15-18-9-3-1-4-10-18)16-19-11-5-2-6-12-19/h1-14H,15-17H2,(H,26,27). The molecule has 1 N–H and O–H groups in total. The topological polar surface area (TPSA) is 58.1 Å². The lowest BCUT2D eigenvalue weighted by Gasteiger charge is -2.23. The first kappa shape index (κ1) is 22.0. The lowest BCUT2D eigenvalue weighted by molar-refractivity contribution is -0.129. The molecule has 0 radical (unpaired) electrons. The first-order valence-corrected chi connectivity index (χ1v) is 11.8. The van der Waals surface area contributed by atoms with Gasteiger partial charge in [-0.15, -0.1) is 10.2 Å². The predicted molar refractivity (Wildman–Crippen MR) is 127 cm³/mol. The van der Waals surface area contributed by atoms with Crippen LogP contribution < -0.4 is 5.32 Å². The van der Waals surface area contributed by atoms with E-state index >= 15 is 0 Å². The van der Waals surface area contributed by atoms with Crippen molar-refractivity contribution < 1.29 is 9.18 Å². The van der Waals surface area contributed by atoms with E-state index in [1.54, 1.807) is 18.2 Å². The summed E-state index contributed by atoms with van der Waals surface area (Å²) in [4.78, 5) is 14.9. The molecule has 8 heteroatoms. The number of benzene rings is 3. The highest BCUT2D eigenvalue weighted by atomic mass is 32.2. The van der Waals surface area contributed by atoms with Crippen LogP contribution in [0.3, 0.4) is 0 Å². The van der Waals surface area contributed by atoms with Crippen LogP contribution in [0.1, 0.15) is 11.1 Å². The van der Waals surface area contributed by atoms with Crippen molar-refractivity contribution in [1.82, 2.24) is 15.1 Å². The third-order valence-corrected chi connectivity index (χ3v) is 6.58. The summed E-state index contributed by atoms with van der Waals surface area (Å²) in [6.45, 7) is 1.07. The maximum atomic E-state index is 13.8. The minimum Gasteiger partial charge on any atom is -0.333 e. The first-order valence-electron chi connectivity index (χ1n) is 10.0. The Morgan fingerprint density at radius 3 is 2.09 bits per heavy atom. The third kappa shape index (κ3) is 6.15. The normalized spacial score (nSPS) is 10.7. The maximum Gasteiger partial charge on any atom is 0.233 e. The Hall–Kier alpha value is -3.23. The molecule has 32 heavy (non-hydrogen) atoms. The summed E-state index contributed by atoms with van der Waals surface area (Å²) in [5.41, 5.74) is 2.50. The number of nitrogens with zero attached hydrogens (tertiary/aromatic N) is 3. The zero-order valence-electron chi connectivity index (χ0n) is 17.1. The van der Waals surface area contributed by atoms with E-state index in [-0.39, 0.29) is 17.5 Å². The molecule has 1 heterocycles. The molecule has 0 fully saturated rings. The van der Waals surface area contributed by atoms with Gasteiger partial charge in [0.1, 0.15) is 5.82 Å². The molecule has 5 nitrogen and oxygen atoms in total. The number of hydrogen-bond donors (Lipinski definition) is 1. The van der Waals surface area contributed by atoms with Crippen LogP contribution in [0.4, 0.5) is 15.2 Å². The number of nitrogens with one attached hydrogen (secondary N) is 1. The summed E-state index contributed by atoms with van der Waals surface area (Å²) in [5.74, 6) is -0.0976. The van der Waals surface area contributed by atoms with Crippen molar-refractivity contribution in [3.63, 3.8) is 0 Å². The molecule has 0 spiro atoms. The van der Waals surface area contributed by atoms with E-state index in [1.165, 1.54) is 29.2 Å². The molecule has 1 aromatic heterocycles. The number of anilines is 2. The minimum atomic E-state index is -0.357. The zero-order valence-corrected chi connectivity index (χ0v) is 18.8. The third-order valence-electron chi connectivity index (χ3n) is 4.63. The van der Waals surface area contributed by atoms with Crippen LogP contribution in [0, 0.1) is 5.82 Å². The fourth-order valence-corrected chi connectivity index (χ4v) is 4.72. The Kier molecular flexibility index (Phi) is 7.47. The number of thioether (sulfide) groups is 1. The molecule has 0 bridgehead atoms. The van der Waals surface area contributed by atoms with Crippen LogP contribution in [0.5, 0.6) is 0 Å². The number of carbonyl (C=O) groups is 1. The van der Waals surface area contributed by atoms with Crippen LogP contribution in [-0.4, -0.2) is 26.8 Å². The van der Waals surface area contributed by atoms with Gasteiger partial charge in [0.05, 0.1) is 11.4 Å². The molecule has 0 aliphatic carbocycles. The van der Waals surface area contributed by atoms with Gasteiger partial charge >= 0.3 is 0 Å². The average Bonchev–Trinajstić information content (AvgIpc) is 3.27. The fraction of sp³-hybridized carbons (Fsp3) is 0.125. The summed E-state index contributed by atoms with van der Waals surface area (Å²) in [5, 5.41) is 11.6. The monoisotopic (exact) mass is 464 g/mol. The van der Waals surface area contributed by atoms with Gasteiger partial charge in [0.2, 0.25) is 11.0 Å². The van der Waals surface area contributed by atoms with Gasteiger partial charge in [-0.3, -0.25) is 4.79 Å². The zero-order chi connectivity index (χ0) is 22.2. The van der Waals surface area contributed by atoms with Gasteiger partial charge in [-0.25, -0.2) is 4.39 Å². The van der Waals surface area contributed by atoms with E-state index in [1.807, 2.05) is 65.6 Å². The molecule has 0 saturated heterocycles. The lowest BCUT2D eigenvalue weighted by atomic mass is 10.1. The van der Waals surface area contributed by atoms with E-state index < -0.39 is 0 Å². The quantitative estimate of drug-likeness (QED) is 0.320. The van der Waals surface area contributed by atoms with E-state index in [0.29, 0.717) is 28.2 Å². The highest BCUT2D eigenvalue weighted by molar-refractivity contribution is 8.01. The van der Waals surface area contributed by atoms with Crippen molar-refractivity contribution in [2.24, 2.45) is 0 Å². The summed E-state index contributed by atoms with van der Waals surface area (Å²) >= 11 is 2.62. The molecule has 0 aliphatic rings. The van der Waals surface area contributed by atoms with Crippen molar-refractivity contribution in [3.05, 3.63) is 102 Å². The van der Waals surface area contributed by atoms with E-state index in [4.69, 9.17) is 0 Å². The predicted octanol–water partition coefficient (Wildman–Crippen LogP) is 5.74. The highest BCUT2D eigenvalue weighted by Gasteiger charge is 2.17.